The van der Waals surface area contributed by atoms with Crippen LogP contribution in [0.25, 0.3) is 0 Å². The molecule has 4 nitrogen and oxygen atoms in total. The van der Waals surface area contributed by atoms with Crippen molar-refractivity contribution < 1.29 is 18.0 Å². The highest BCUT2D eigenvalue weighted by Crippen LogP contribution is 2.10. The molecule has 0 aliphatic rings. The molecule has 0 rings (SSSR count). The third-order valence-corrected chi connectivity index (χ3v) is 3.60. The molecule has 0 saturated carbocycles. The highest BCUT2D eigenvalue weighted by molar-refractivity contribution is 7.86. The van der Waals surface area contributed by atoms with Crippen molar-refractivity contribution in [1.29, 1.82) is 0 Å². The molecule has 0 aromatic carbocycles. The molecule has 0 aliphatic carbocycles. The van der Waals surface area contributed by atoms with Crippen LogP contribution in [0.1, 0.15) is 64.7 Å². The van der Waals surface area contributed by atoms with Crippen LogP contribution in [0.5, 0.6) is 0 Å². The van der Waals surface area contributed by atoms with E-state index in [1.807, 2.05) is 0 Å². The normalized spacial score (nSPS) is 11.9. The van der Waals surface area contributed by atoms with Crippen molar-refractivity contribution in [2.75, 3.05) is 5.75 Å². The Hall–Kier alpha value is -0.130. The predicted octanol–water partition coefficient (Wildman–Crippen LogP) is 2.14. The minimum Gasteiger partial charge on any atom is -0.707 e. The van der Waals surface area contributed by atoms with Gasteiger partial charge in [0.1, 0.15) is 0 Å². The molecule has 5 heteroatoms. The first-order valence-corrected chi connectivity index (χ1v) is 7.74. The zero-order valence-corrected chi connectivity index (χ0v) is 10.9. The van der Waals surface area contributed by atoms with Crippen LogP contribution in [0.2, 0.25) is 0 Å². The minimum absolute atomic E-state index is 0.146. The Morgan fingerprint density at radius 3 is 1.75 bits per heavy atom. The third-order valence-electron chi connectivity index (χ3n) is 2.60. The SMILES string of the molecule is CCCCCCCCCCCS(=O)(=O)O[O-]. The average Bonchev–Trinajstić information content (AvgIpc) is 2.27. The predicted molar refractivity (Wildman–Crippen MR) is 62.1 cm³/mol. The first-order valence-electron chi connectivity index (χ1n) is 6.16. The van der Waals surface area contributed by atoms with Gasteiger partial charge in [-0.15, -0.1) is 0 Å². The Bertz CT molecular complexity index is 236. The summed E-state index contributed by atoms with van der Waals surface area (Å²) in [5, 5.41) is 9.73. The zero-order valence-electron chi connectivity index (χ0n) is 10.1. The maximum Gasteiger partial charge on any atom is 0.258 e. The summed E-state index contributed by atoms with van der Waals surface area (Å²) >= 11 is 0. The van der Waals surface area contributed by atoms with Gasteiger partial charge in [0.15, 0.2) is 0 Å². The number of unbranched alkanes of at least 4 members (excludes halogenated alkanes) is 8. The lowest BCUT2D eigenvalue weighted by Gasteiger charge is -2.06. The summed E-state index contributed by atoms with van der Waals surface area (Å²) in [5.41, 5.74) is 0. The van der Waals surface area contributed by atoms with Crippen molar-refractivity contribution in [3.8, 4) is 0 Å². The molecule has 0 aromatic rings. The van der Waals surface area contributed by atoms with Gasteiger partial charge in [0, 0.05) is 0 Å². The van der Waals surface area contributed by atoms with Gasteiger partial charge in [0.25, 0.3) is 10.1 Å². The molecule has 0 aliphatic heterocycles. The molecule has 0 N–H and O–H groups in total. The van der Waals surface area contributed by atoms with Gasteiger partial charge in [-0.25, -0.2) is 8.42 Å². The summed E-state index contributed by atoms with van der Waals surface area (Å²) in [6.07, 6.45) is 9.94. The number of rotatable bonds is 11. The molecule has 0 atom stereocenters. The lowest BCUT2D eigenvalue weighted by atomic mass is 10.1. The first-order chi connectivity index (χ1) is 7.62. The monoisotopic (exact) mass is 251 g/mol. The summed E-state index contributed by atoms with van der Waals surface area (Å²) in [4.78, 5) is 0. The van der Waals surface area contributed by atoms with Crippen LogP contribution >= 0.6 is 0 Å². The quantitative estimate of drug-likeness (QED) is 0.320. The van der Waals surface area contributed by atoms with Crippen LogP contribution < -0.4 is 5.26 Å². The highest BCUT2D eigenvalue weighted by Gasteiger charge is 2.04. The van der Waals surface area contributed by atoms with Gasteiger partial charge in [-0.1, -0.05) is 58.3 Å². The van der Waals surface area contributed by atoms with E-state index in [-0.39, 0.29) is 5.75 Å². The van der Waals surface area contributed by atoms with Crippen LogP contribution in [0.15, 0.2) is 0 Å². The van der Waals surface area contributed by atoms with Gasteiger partial charge in [0.05, 0.1) is 5.75 Å². The Morgan fingerprint density at radius 1 is 0.875 bits per heavy atom. The molecule has 0 saturated heterocycles. The van der Waals surface area contributed by atoms with Crippen LogP contribution in [0.3, 0.4) is 0 Å². The van der Waals surface area contributed by atoms with Crippen molar-refractivity contribution in [3.05, 3.63) is 0 Å². The molecule has 0 amide bonds. The molecular weight excluding hydrogens is 228 g/mol. The molecule has 0 spiro atoms. The summed E-state index contributed by atoms with van der Waals surface area (Å²) in [5.74, 6) is -0.146. The molecule has 0 fully saturated rings. The first kappa shape index (κ1) is 15.9. The molecule has 0 unspecified atom stereocenters. The molecule has 0 bridgehead atoms. The van der Waals surface area contributed by atoms with E-state index in [0.29, 0.717) is 6.42 Å². The van der Waals surface area contributed by atoms with Gasteiger partial charge in [0.2, 0.25) is 0 Å². The van der Waals surface area contributed by atoms with Gasteiger partial charge >= 0.3 is 0 Å². The van der Waals surface area contributed by atoms with E-state index in [4.69, 9.17) is 0 Å². The zero-order chi connectivity index (χ0) is 12.3. The molecule has 16 heavy (non-hydrogen) atoms. The maximum absolute atomic E-state index is 10.7. The van der Waals surface area contributed by atoms with E-state index in [1.165, 1.54) is 32.1 Å². The van der Waals surface area contributed by atoms with E-state index in [9.17, 15) is 13.7 Å². The minimum atomic E-state index is -3.78. The van der Waals surface area contributed by atoms with Gasteiger partial charge in [-0.05, 0) is 6.42 Å². The molecule has 0 heterocycles. The van der Waals surface area contributed by atoms with E-state index in [2.05, 4.69) is 11.3 Å². The highest BCUT2D eigenvalue weighted by atomic mass is 32.2. The summed E-state index contributed by atoms with van der Waals surface area (Å²) in [7, 11) is -3.78. The second-order valence-corrected chi connectivity index (χ2v) is 5.82. The van der Waals surface area contributed by atoms with Crippen LogP contribution in [0.4, 0.5) is 0 Å². The summed E-state index contributed by atoms with van der Waals surface area (Å²) in [6.45, 7) is 2.19. The van der Waals surface area contributed by atoms with Crippen LogP contribution in [-0.2, 0) is 14.5 Å². The summed E-state index contributed by atoms with van der Waals surface area (Å²) in [6, 6.07) is 0. The lowest BCUT2D eigenvalue weighted by Crippen LogP contribution is -2.17. The van der Waals surface area contributed by atoms with Gasteiger partial charge < -0.3 is 9.59 Å². The summed E-state index contributed by atoms with van der Waals surface area (Å²) < 4.78 is 24.5. The standard InChI is InChI=1S/C11H24O4S/c1-2-3-4-5-6-7-8-9-10-11-16(13,14)15-12/h12H,2-11H2,1H3/p-1. The molecular formula is C11H23O4S-. The third kappa shape index (κ3) is 10.4. The maximum atomic E-state index is 10.7. The average molecular weight is 251 g/mol. The molecule has 0 radical (unpaired) electrons. The van der Waals surface area contributed by atoms with Crippen LogP contribution in [-0.4, -0.2) is 14.2 Å². The van der Waals surface area contributed by atoms with Gasteiger partial charge in [-0.3, -0.25) is 0 Å². The lowest BCUT2D eigenvalue weighted by molar-refractivity contribution is -0.634. The largest absolute Gasteiger partial charge is 0.707 e. The van der Waals surface area contributed by atoms with Crippen molar-refractivity contribution in [1.82, 2.24) is 0 Å². The number of hydrogen-bond donors (Lipinski definition) is 0. The van der Waals surface area contributed by atoms with Crippen LogP contribution in [0, 0.1) is 0 Å². The van der Waals surface area contributed by atoms with Gasteiger partial charge in [-0.2, -0.15) is 0 Å². The van der Waals surface area contributed by atoms with Crippen molar-refractivity contribution in [3.63, 3.8) is 0 Å². The van der Waals surface area contributed by atoms with E-state index in [0.717, 1.165) is 19.3 Å². The fraction of sp³-hybridized carbons (Fsp3) is 1.00. The Labute approximate surface area is 99.1 Å². The second kappa shape index (κ2) is 10.1. The van der Waals surface area contributed by atoms with E-state index >= 15 is 0 Å². The second-order valence-electron chi connectivity index (χ2n) is 4.16. The van der Waals surface area contributed by atoms with E-state index < -0.39 is 10.1 Å². The smallest absolute Gasteiger partial charge is 0.258 e. The fourth-order valence-electron chi connectivity index (χ4n) is 1.62. The topological polar surface area (TPSA) is 66.4 Å². The van der Waals surface area contributed by atoms with Crippen molar-refractivity contribution >= 4 is 10.1 Å². The molecule has 0 aromatic heterocycles. The van der Waals surface area contributed by atoms with Crippen molar-refractivity contribution in [2.45, 2.75) is 64.7 Å². The molecule has 98 valence electrons. The van der Waals surface area contributed by atoms with Crippen molar-refractivity contribution in [2.24, 2.45) is 0 Å². The Balaban J connectivity index is 3.16. The fourth-order valence-corrected chi connectivity index (χ4v) is 2.25. The van der Waals surface area contributed by atoms with E-state index in [1.54, 1.807) is 0 Å². The number of hydrogen-bond acceptors (Lipinski definition) is 4. The Morgan fingerprint density at radius 2 is 1.31 bits per heavy atom. The Kier molecular flexibility index (Phi) is 9.97.